The van der Waals surface area contributed by atoms with Gasteiger partial charge in [0, 0.05) is 34.3 Å². The summed E-state index contributed by atoms with van der Waals surface area (Å²) in [7, 11) is 0. The van der Waals surface area contributed by atoms with Gasteiger partial charge in [-0.15, -0.1) is 11.3 Å². The first-order chi connectivity index (χ1) is 14.5. The van der Waals surface area contributed by atoms with Crippen LogP contribution in [0.4, 0.5) is 0 Å². The number of benzene rings is 2. The molecule has 4 rings (SSSR count). The smallest absolute Gasteiger partial charge is 0.287 e. The number of aromatic nitrogens is 1. The van der Waals surface area contributed by atoms with Crippen LogP contribution in [-0.4, -0.2) is 27.6 Å². The number of para-hydroxylation sites is 1. The van der Waals surface area contributed by atoms with E-state index in [1.54, 1.807) is 29.2 Å². The normalized spacial score (nSPS) is 11.1. The summed E-state index contributed by atoms with van der Waals surface area (Å²) in [5.74, 6) is 0.277. The fourth-order valence-corrected chi connectivity index (χ4v) is 4.96. The van der Waals surface area contributed by atoms with Gasteiger partial charge >= 0.3 is 0 Å². The number of rotatable bonds is 7. The number of nitrogens with one attached hydrogen (secondary N) is 1. The van der Waals surface area contributed by atoms with Crippen molar-refractivity contribution in [3.05, 3.63) is 70.4 Å². The van der Waals surface area contributed by atoms with Crippen LogP contribution in [0.2, 0.25) is 0 Å². The van der Waals surface area contributed by atoms with Gasteiger partial charge in [-0.05, 0) is 37.1 Å². The second kappa shape index (κ2) is 8.81. The molecule has 0 radical (unpaired) electrons. The number of carbonyl (C=O) groups excluding carboxylic acids is 1. The molecule has 0 saturated carbocycles. The molecular weight excluding hydrogens is 420 g/mol. The van der Waals surface area contributed by atoms with E-state index in [1.807, 2.05) is 36.6 Å². The fourth-order valence-electron chi connectivity index (χ4n) is 3.08. The third kappa shape index (κ3) is 4.44. The van der Waals surface area contributed by atoms with Crippen molar-refractivity contribution in [1.82, 2.24) is 10.3 Å². The number of aryl methyl sites for hydroxylation is 1. The largest absolute Gasteiger partial charge is 0.504 e. The Labute approximate surface area is 181 Å². The number of hydrogen-bond donors (Lipinski definition) is 3. The van der Waals surface area contributed by atoms with Gasteiger partial charge in [0.15, 0.2) is 17.3 Å². The summed E-state index contributed by atoms with van der Waals surface area (Å²) < 4.78 is 6.83. The lowest BCUT2D eigenvalue weighted by atomic mass is 10.1. The SMILES string of the molecule is Cc1csc(SCc2c(C(=O)NCCc3ccc(O)c(O)c3)oc3ccccc23)n1. The maximum absolute atomic E-state index is 12.8. The second-order valence-electron chi connectivity index (χ2n) is 6.78. The molecule has 0 aliphatic carbocycles. The molecule has 0 aliphatic rings. The molecular formula is C22H20N2O4S2. The molecule has 154 valence electrons. The number of furan rings is 1. The average molecular weight is 441 g/mol. The summed E-state index contributed by atoms with van der Waals surface area (Å²) in [5.41, 5.74) is 3.32. The third-order valence-corrected chi connectivity index (χ3v) is 6.75. The zero-order chi connectivity index (χ0) is 21.1. The molecule has 4 aromatic rings. The zero-order valence-corrected chi connectivity index (χ0v) is 17.8. The molecule has 0 fully saturated rings. The molecule has 0 bridgehead atoms. The highest BCUT2D eigenvalue weighted by Crippen LogP contribution is 2.33. The number of phenolic OH excluding ortho intramolecular Hbond substituents is 2. The molecule has 2 aromatic carbocycles. The van der Waals surface area contributed by atoms with E-state index in [0.717, 1.165) is 26.5 Å². The number of fused-ring (bicyclic) bond motifs is 1. The van der Waals surface area contributed by atoms with E-state index in [4.69, 9.17) is 4.42 Å². The van der Waals surface area contributed by atoms with E-state index in [0.29, 0.717) is 30.1 Å². The number of aromatic hydroxyl groups is 2. The molecule has 2 heterocycles. The molecule has 30 heavy (non-hydrogen) atoms. The average Bonchev–Trinajstić information content (AvgIpc) is 3.32. The van der Waals surface area contributed by atoms with E-state index in [-0.39, 0.29) is 17.4 Å². The Morgan fingerprint density at radius 2 is 2.03 bits per heavy atom. The summed E-state index contributed by atoms with van der Waals surface area (Å²) in [6.07, 6.45) is 0.516. The Morgan fingerprint density at radius 1 is 1.20 bits per heavy atom. The van der Waals surface area contributed by atoms with E-state index in [2.05, 4.69) is 10.3 Å². The predicted molar refractivity (Wildman–Crippen MR) is 118 cm³/mol. The molecule has 0 saturated heterocycles. The standard InChI is InChI=1S/C22H20N2O4S2/c1-13-11-29-22(24-13)30-12-16-15-4-2-3-5-19(15)28-20(16)21(27)23-9-8-14-6-7-17(25)18(26)10-14/h2-7,10-11,25-26H,8-9,12H2,1H3,(H,23,27). The lowest BCUT2D eigenvalue weighted by Crippen LogP contribution is -2.26. The molecule has 1 amide bonds. The van der Waals surface area contributed by atoms with Gasteiger partial charge in [0.2, 0.25) is 0 Å². The van der Waals surface area contributed by atoms with Crippen LogP contribution in [0.25, 0.3) is 11.0 Å². The monoisotopic (exact) mass is 440 g/mol. The van der Waals surface area contributed by atoms with E-state index < -0.39 is 0 Å². The molecule has 0 unspecified atom stereocenters. The number of phenols is 2. The highest BCUT2D eigenvalue weighted by Gasteiger charge is 2.20. The van der Waals surface area contributed by atoms with Crippen molar-refractivity contribution in [3.63, 3.8) is 0 Å². The Morgan fingerprint density at radius 3 is 2.80 bits per heavy atom. The quantitative estimate of drug-likeness (QED) is 0.280. The van der Waals surface area contributed by atoms with Gasteiger partial charge in [-0.25, -0.2) is 4.98 Å². The maximum atomic E-state index is 12.8. The van der Waals surface area contributed by atoms with Crippen molar-refractivity contribution in [2.45, 2.75) is 23.4 Å². The molecule has 2 aromatic heterocycles. The van der Waals surface area contributed by atoms with Crippen molar-refractivity contribution in [3.8, 4) is 11.5 Å². The first kappa shape index (κ1) is 20.3. The summed E-state index contributed by atoms with van der Waals surface area (Å²) in [4.78, 5) is 17.3. The van der Waals surface area contributed by atoms with Gasteiger partial charge in [-0.2, -0.15) is 0 Å². The number of amides is 1. The van der Waals surface area contributed by atoms with Crippen molar-refractivity contribution < 1.29 is 19.4 Å². The van der Waals surface area contributed by atoms with Crippen LogP contribution in [0.3, 0.4) is 0 Å². The van der Waals surface area contributed by atoms with E-state index >= 15 is 0 Å². The lowest BCUT2D eigenvalue weighted by molar-refractivity contribution is 0.0927. The van der Waals surface area contributed by atoms with Crippen LogP contribution in [0.1, 0.15) is 27.4 Å². The van der Waals surface area contributed by atoms with Crippen molar-refractivity contribution in [2.24, 2.45) is 0 Å². The summed E-state index contributed by atoms with van der Waals surface area (Å²) in [6, 6.07) is 12.2. The van der Waals surface area contributed by atoms with Gasteiger partial charge in [-0.1, -0.05) is 36.0 Å². The van der Waals surface area contributed by atoms with Gasteiger partial charge in [-0.3, -0.25) is 4.79 Å². The summed E-state index contributed by atoms with van der Waals surface area (Å²) in [5, 5.41) is 24.8. The highest BCUT2D eigenvalue weighted by atomic mass is 32.2. The molecule has 0 atom stereocenters. The third-order valence-electron chi connectivity index (χ3n) is 4.58. The minimum atomic E-state index is -0.278. The van der Waals surface area contributed by atoms with Crippen molar-refractivity contribution in [1.29, 1.82) is 0 Å². The Balaban J connectivity index is 1.48. The van der Waals surface area contributed by atoms with Crippen LogP contribution >= 0.6 is 23.1 Å². The second-order valence-corrected chi connectivity index (χ2v) is 8.86. The van der Waals surface area contributed by atoms with Crippen LogP contribution < -0.4 is 5.32 Å². The fraction of sp³-hybridized carbons (Fsp3) is 0.182. The van der Waals surface area contributed by atoms with Gasteiger partial charge in [0.25, 0.3) is 5.91 Å². The van der Waals surface area contributed by atoms with Crippen molar-refractivity contribution in [2.75, 3.05) is 6.54 Å². The molecule has 6 nitrogen and oxygen atoms in total. The minimum absolute atomic E-state index is 0.164. The van der Waals surface area contributed by atoms with Crippen LogP contribution in [0, 0.1) is 6.92 Å². The number of thioether (sulfide) groups is 1. The summed E-state index contributed by atoms with van der Waals surface area (Å²) >= 11 is 3.17. The lowest BCUT2D eigenvalue weighted by Gasteiger charge is -2.06. The van der Waals surface area contributed by atoms with Crippen LogP contribution in [0.15, 0.2) is 56.6 Å². The molecule has 0 aliphatic heterocycles. The number of hydrogen-bond acceptors (Lipinski definition) is 7. The maximum Gasteiger partial charge on any atom is 0.287 e. The minimum Gasteiger partial charge on any atom is -0.504 e. The Bertz CT molecular complexity index is 1200. The number of nitrogens with zero attached hydrogens (tertiary/aromatic N) is 1. The first-order valence-corrected chi connectivity index (χ1v) is 11.2. The number of thiazole rings is 1. The molecule has 0 spiro atoms. The Kier molecular flexibility index (Phi) is 5.96. The number of carbonyl (C=O) groups is 1. The van der Waals surface area contributed by atoms with E-state index in [1.165, 1.54) is 12.1 Å². The Hall–Kier alpha value is -2.97. The summed E-state index contributed by atoms with van der Waals surface area (Å²) in [6.45, 7) is 2.33. The zero-order valence-electron chi connectivity index (χ0n) is 16.2. The first-order valence-electron chi connectivity index (χ1n) is 9.35. The molecule has 3 N–H and O–H groups in total. The topological polar surface area (TPSA) is 95.6 Å². The van der Waals surface area contributed by atoms with E-state index in [9.17, 15) is 15.0 Å². The van der Waals surface area contributed by atoms with Crippen LogP contribution in [0.5, 0.6) is 11.5 Å². The van der Waals surface area contributed by atoms with Gasteiger partial charge in [0.1, 0.15) is 9.92 Å². The predicted octanol–water partition coefficient (Wildman–Crippen LogP) is 4.87. The van der Waals surface area contributed by atoms with Gasteiger partial charge in [0.05, 0.1) is 0 Å². The highest BCUT2D eigenvalue weighted by molar-refractivity contribution is 8.00. The van der Waals surface area contributed by atoms with Gasteiger partial charge < -0.3 is 19.9 Å². The van der Waals surface area contributed by atoms with Crippen molar-refractivity contribution >= 4 is 40.0 Å². The van der Waals surface area contributed by atoms with Crippen LogP contribution in [-0.2, 0) is 12.2 Å². The molecule has 8 heteroatoms.